The van der Waals surface area contributed by atoms with Crippen molar-refractivity contribution < 1.29 is 4.74 Å². The highest BCUT2D eigenvalue weighted by atomic mass is 16.5. The van der Waals surface area contributed by atoms with Gasteiger partial charge in [-0.25, -0.2) is 0 Å². The van der Waals surface area contributed by atoms with Gasteiger partial charge >= 0.3 is 0 Å². The van der Waals surface area contributed by atoms with Crippen molar-refractivity contribution in [2.75, 3.05) is 39.3 Å². The molecule has 102 valence electrons. The van der Waals surface area contributed by atoms with Gasteiger partial charge in [0.25, 0.3) is 0 Å². The monoisotopic (exact) mass is 242 g/mol. The number of hydrogen-bond donors (Lipinski definition) is 1. The van der Waals surface area contributed by atoms with Crippen molar-refractivity contribution in [1.82, 2.24) is 10.2 Å². The number of rotatable bonds is 7. The van der Waals surface area contributed by atoms with Gasteiger partial charge in [-0.05, 0) is 52.2 Å². The number of likely N-dealkylation sites (N-methyl/N-ethyl adjacent to an activating group) is 1. The van der Waals surface area contributed by atoms with E-state index in [1.165, 1.54) is 19.4 Å². The second kappa shape index (κ2) is 7.34. The lowest BCUT2D eigenvalue weighted by Crippen LogP contribution is -2.39. The minimum absolute atomic E-state index is 0.0868. The summed E-state index contributed by atoms with van der Waals surface area (Å²) < 4.78 is 5.74. The molecule has 0 bridgehead atoms. The Morgan fingerprint density at radius 3 is 2.59 bits per heavy atom. The summed E-state index contributed by atoms with van der Waals surface area (Å²) in [6.07, 6.45) is 2.40. The van der Waals surface area contributed by atoms with Gasteiger partial charge in [0.05, 0.1) is 5.60 Å². The molecule has 1 heterocycles. The van der Waals surface area contributed by atoms with Crippen molar-refractivity contribution in [3.8, 4) is 0 Å². The maximum atomic E-state index is 5.74. The molecule has 0 aromatic heterocycles. The third-order valence-corrected chi connectivity index (χ3v) is 3.73. The van der Waals surface area contributed by atoms with Gasteiger partial charge in [-0.1, -0.05) is 13.8 Å². The fourth-order valence-electron chi connectivity index (χ4n) is 2.62. The number of nitrogens with one attached hydrogen (secondary N) is 1. The molecule has 0 aliphatic carbocycles. The molecule has 0 spiro atoms. The molecule has 0 unspecified atom stereocenters. The molecule has 0 saturated carbocycles. The first-order valence-electron chi connectivity index (χ1n) is 7.14. The average molecular weight is 242 g/mol. The van der Waals surface area contributed by atoms with Crippen LogP contribution in [0.2, 0.25) is 0 Å². The Morgan fingerprint density at radius 1 is 1.29 bits per heavy atom. The van der Waals surface area contributed by atoms with Crippen LogP contribution in [-0.4, -0.2) is 49.8 Å². The van der Waals surface area contributed by atoms with Gasteiger partial charge in [0, 0.05) is 19.7 Å². The molecule has 1 aliphatic rings. The molecule has 17 heavy (non-hydrogen) atoms. The first kappa shape index (κ1) is 14.9. The van der Waals surface area contributed by atoms with Crippen LogP contribution < -0.4 is 5.32 Å². The third kappa shape index (κ3) is 5.84. The summed E-state index contributed by atoms with van der Waals surface area (Å²) in [4.78, 5) is 2.46. The smallest absolute Gasteiger partial charge is 0.0629 e. The van der Waals surface area contributed by atoms with Gasteiger partial charge in [0.15, 0.2) is 0 Å². The highest BCUT2D eigenvalue weighted by Gasteiger charge is 2.28. The van der Waals surface area contributed by atoms with Crippen molar-refractivity contribution in [2.24, 2.45) is 5.92 Å². The van der Waals surface area contributed by atoms with Crippen LogP contribution >= 0.6 is 0 Å². The van der Waals surface area contributed by atoms with Gasteiger partial charge in [-0.3, -0.25) is 0 Å². The van der Waals surface area contributed by atoms with E-state index in [2.05, 4.69) is 37.9 Å². The molecule has 3 nitrogen and oxygen atoms in total. The van der Waals surface area contributed by atoms with Crippen LogP contribution in [-0.2, 0) is 4.74 Å². The van der Waals surface area contributed by atoms with Crippen LogP contribution in [0.4, 0.5) is 0 Å². The van der Waals surface area contributed by atoms with Crippen molar-refractivity contribution >= 4 is 0 Å². The van der Waals surface area contributed by atoms with Gasteiger partial charge in [0.1, 0.15) is 0 Å². The number of nitrogens with zero attached hydrogens (tertiary/aromatic N) is 1. The fourth-order valence-corrected chi connectivity index (χ4v) is 2.62. The van der Waals surface area contributed by atoms with Crippen molar-refractivity contribution in [3.63, 3.8) is 0 Å². The lowest BCUT2D eigenvalue weighted by Gasteiger charge is -2.35. The molecule has 1 saturated heterocycles. The minimum atomic E-state index is 0.0868. The van der Waals surface area contributed by atoms with Gasteiger partial charge in [-0.2, -0.15) is 0 Å². The van der Waals surface area contributed by atoms with E-state index in [9.17, 15) is 0 Å². The molecule has 0 radical (unpaired) electrons. The maximum absolute atomic E-state index is 5.74. The minimum Gasteiger partial charge on any atom is -0.376 e. The fraction of sp³-hybridized carbons (Fsp3) is 1.00. The second-order valence-electron chi connectivity index (χ2n) is 5.70. The Hall–Kier alpha value is -0.120. The Labute approximate surface area is 107 Å². The first-order chi connectivity index (χ1) is 8.07. The lowest BCUT2D eigenvalue weighted by molar-refractivity contribution is -0.0718. The van der Waals surface area contributed by atoms with E-state index in [1.54, 1.807) is 0 Å². The summed E-state index contributed by atoms with van der Waals surface area (Å²) in [6, 6.07) is 0. The largest absolute Gasteiger partial charge is 0.376 e. The second-order valence-corrected chi connectivity index (χ2v) is 5.70. The summed E-state index contributed by atoms with van der Waals surface area (Å²) in [5.41, 5.74) is 0.0868. The average Bonchev–Trinajstić information content (AvgIpc) is 2.28. The summed E-state index contributed by atoms with van der Waals surface area (Å²) in [6.45, 7) is 15.5. The van der Waals surface area contributed by atoms with E-state index in [-0.39, 0.29) is 5.60 Å². The van der Waals surface area contributed by atoms with E-state index < -0.39 is 0 Å². The Balaban J connectivity index is 2.10. The molecule has 3 heteroatoms. The van der Waals surface area contributed by atoms with E-state index >= 15 is 0 Å². The van der Waals surface area contributed by atoms with E-state index in [0.29, 0.717) is 0 Å². The van der Waals surface area contributed by atoms with Crippen molar-refractivity contribution in [1.29, 1.82) is 0 Å². The van der Waals surface area contributed by atoms with Crippen molar-refractivity contribution in [2.45, 2.75) is 46.1 Å². The zero-order chi connectivity index (χ0) is 12.7. The molecule has 1 aliphatic heterocycles. The molecule has 1 fully saturated rings. The maximum Gasteiger partial charge on any atom is 0.0629 e. The quantitative estimate of drug-likeness (QED) is 0.692. The first-order valence-corrected chi connectivity index (χ1v) is 7.14. The summed E-state index contributed by atoms with van der Waals surface area (Å²) in [5, 5.41) is 3.59. The summed E-state index contributed by atoms with van der Waals surface area (Å²) in [7, 11) is 0. The normalized spacial score (nSPS) is 24.2. The van der Waals surface area contributed by atoms with Crippen LogP contribution in [0.3, 0.4) is 0 Å². The van der Waals surface area contributed by atoms with Crippen LogP contribution in [0.15, 0.2) is 0 Å². The third-order valence-electron chi connectivity index (χ3n) is 3.73. The van der Waals surface area contributed by atoms with Gasteiger partial charge in [-0.15, -0.1) is 0 Å². The Morgan fingerprint density at radius 2 is 2.00 bits per heavy atom. The van der Waals surface area contributed by atoms with Crippen LogP contribution in [0.25, 0.3) is 0 Å². The Bertz CT molecular complexity index is 202. The van der Waals surface area contributed by atoms with Crippen LogP contribution in [0.1, 0.15) is 40.5 Å². The van der Waals surface area contributed by atoms with Gasteiger partial charge < -0.3 is 15.0 Å². The zero-order valence-electron chi connectivity index (χ0n) is 12.1. The predicted octanol–water partition coefficient (Wildman–Crippen LogP) is 2.12. The van der Waals surface area contributed by atoms with E-state index in [0.717, 1.165) is 38.7 Å². The topological polar surface area (TPSA) is 24.5 Å². The molecule has 0 amide bonds. The summed E-state index contributed by atoms with van der Waals surface area (Å²) in [5.74, 6) is 0.787. The van der Waals surface area contributed by atoms with Crippen LogP contribution in [0, 0.1) is 5.92 Å². The molecular formula is C14H30N2O. The molecule has 0 aromatic rings. The zero-order valence-corrected chi connectivity index (χ0v) is 12.1. The Kier molecular flexibility index (Phi) is 6.45. The van der Waals surface area contributed by atoms with Crippen molar-refractivity contribution in [3.05, 3.63) is 0 Å². The van der Waals surface area contributed by atoms with Crippen LogP contribution in [0.5, 0.6) is 0 Å². The lowest BCUT2D eigenvalue weighted by atomic mass is 9.88. The SMILES string of the molecule is CCN(CC)CCNC[C@H]1CCOC(C)(C)C1. The molecule has 1 rings (SSSR count). The number of hydrogen-bond acceptors (Lipinski definition) is 3. The highest BCUT2D eigenvalue weighted by Crippen LogP contribution is 2.27. The van der Waals surface area contributed by atoms with E-state index in [1.807, 2.05) is 0 Å². The van der Waals surface area contributed by atoms with Gasteiger partial charge in [0.2, 0.25) is 0 Å². The molecule has 1 atom stereocenters. The highest BCUT2D eigenvalue weighted by molar-refractivity contribution is 4.79. The van der Waals surface area contributed by atoms with E-state index in [4.69, 9.17) is 4.74 Å². The molecular weight excluding hydrogens is 212 g/mol. The standard InChI is InChI=1S/C14H30N2O/c1-5-16(6-2)9-8-15-12-13-7-10-17-14(3,4)11-13/h13,15H,5-12H2,1-4H3/t13-/m0/s1. The number of ether oxygens (including phenoxy) is 1. The predicted molar refractivity (Wildman–Crippen MR) is 73.4 cm³/mol. The summed E-state index contributed by atoms with van der Waals surface area (Å²) >= 11 is 0. The molecule has 1 N–H and O–H groups in total. The molecule has 0 aromatic carbocycles.